The zero-order valence-corrected chi connectivity index (χ0v) is 11.3. The predicted molar refractivity (Wildman–Crippen MR) is 62.1 cm³/mol. The van der Waals surface area contributed by atoms with Crippen molar-refractivity contribution in [1.82, 2.24) is 4.90 Å². The summed E-state index contributed by atoms with van der Waals surface area (Å²) in [6.07, 6.45) is -0.832. The highest BCUT2D eigenvalue weighted by Crippen LogP contribution is 2.33. The molecule has 5 nitrogen and oxygen atoms in total. The highest BCUT2D eigenvalue weighted by Gasteiger charge is 2.49. The quantitative estimate of drug-likeness (QED) is 0.651. The Kier molecular flexibility index (Phi) is 3.40. The predicted octanol–water partition coefficient (Wildman–Crippen LogP) is 2.27. The fourth-order valence-corrected chi connectivity index (χ4v) is 1.93. The lowest BCUT2D eigenvalue weighted by Gasteiger charge is -2.33. The lowest BCUT2D eigenvalue weighted by molar-refractivity contribution is -0.0751. The Balaban J connectivity index is 2.94. The Labute approximate surface area is 102 Å². The highest BCUT2D eigenvalue weighted by atomic mass is 16.6. The van der Waals surface area contributed by atoms with Crippen molar-refractivity contribution in [1.29, 1.82) is 5.26 Å². The Hall–Kier alpha value is -1.28. The molecule has 0 saturated carbocycles. The van der Waals surface area contributed by atoms with Crippen LogP contribution < -0.4 is 0 Å². The molecule has 0 aromatic carbocycles. The summed E-state index contributed by atoms with van der Waals surface area (Å²) in [4.78, 5) is 13.4. The fraction of sp³-hybridized carbons (Fsp3) is 0.833. The third-order valence-electron chi connectivity index (χ3n) is 2.50. The van der Waals surface area contributed by atoms with E-state index in [4.69, 9.17) is 14.7 Å². The van der Waals surface area contributed by atoms with Crippen LogP contribution in [0.3, 0.4) is 0 Å². The van der Waals surface area contributed by atoms with Crippen LogP contribution in [0.5, 0.6) is 0 Å². The van der Waals surface area contributed by atoms with Crippen molar-refractivity contribution in [2.24, 2.45) is 0 Å². The molecule has 0 aliphatic carbocycles. The number of hydrogen-bond donors (Lipinski definition) is 0. The Morgan fingerprint density at radius 2 is 2.00 bits per heavy atom. The number of rotatable bonds is 0. The monoisotopic (exact) mass is 240 g/mol. The number of amides is 1. The number of nitriles is 1. The van der Waals surface area contributed by atoms with E-state index in [1.807, 2.05) is 0 Å². The first-order chi connectivity index (χ1) is 7.58. The van der Waals surface area contributed by atoms with Gasteiger partial charge in [-0.05, 0) is 41.5 Å². The van der Waals surface area contributed by atoms with Crippen molar-refractivity contribution in [2.45, 2.75) is 65.0 Å². The van der Waals surface area contributed by atoms with Crippen LogP contribution >= 0.6 is 0 Å². The van der Waals surface area contributed by atoms with Gasteiger partial charge in [-0.1, -0.05) is 0 Å². The van der Waals surface area contributed by atoms with Gasteiger partial charge in [0.2, 0.25) is 0 Å². The van der Waals surface area contributed by atoms with Crippen LogP contribution in [0.1, 0.15) is 41.5 Å². The van der Waals surface area contributed by atoms with E-state index in [1.165, 1.54) is 4.90 Å². The van der Waals surface area contributed by atoms with Gasteiger partial charge in [0.1, 0.15) is 11.3 Å². The largest absolute Gasteiger partial charge is 0.444 e. The molecule has 1 saturated heterocycles. The lowest BCUT2D eigenvalue weighted by Crippen LogP contribution is -2.49. The van der Waals surface area contributed by atoms with Crippen LogP contribution in [-0.4, -0.2) is 34.5 Å². The van der Waals surface area contributed by atoms with Gasteiger partial charge < -0.3 is 9.47 Å². The molecule has 1 fully saturated rings. The molecule has 96 valence electrons. The zero-order chi connectivity index (χ0) is 13.4. The molecule has 0 aromatic rings. The molecule has 1 aliphatic heterocycles. The normalized spacial score (nSPS) is 27.7. The van der Waals surface area contributed by atoms with Crippen LogP contribution in [0.25, 0.3) is 0 Å². The van der Waals surface area contributed by atoms with Crippen molar-refractivity contribution >= 4 is 6.09 Å². The van der Waals surface area contributed by atoms with E-state index in [9.17, 15) is 4.79 Å². The van der Waals surface area contributed by atoms with Gasteiger partial charge in [0.05, 0.1) is 12.2 Å². The van der Waals surface area contributed by atoms with E-state index >= 15 is 0 Å². The van der Waals surface area contributed by atoms with Gasteiger partial charge in [-0.2, -0.15) is 5.26 Å². The lowest BCUT2D eigenvalue weighted by atomic mass is 10.1. The zero-order valence-electron chi connectivity index (χ0n) is 11.3. The van der Waals surface area contributed by atoms with E-state index in [2.05, 4.69) is 6.07 Å². The second-order valence-electron chi connectivity index (χ2n) is 5.69. The van der Waals surface area contributed by atoms with Crippen LogP contribution in [-0.2, 0) is 9.47 Å². The third-order valence-corrected chi connectivity index (χ3v) is 2.50. The smallest absolute Gasteiger partial charge is 0.413 e. The van der Waals surface area contributed by atoms with Crippen LogP contribution in [0.15, 0.2) is 0 Å². The maximum Gasteiger partial charge on any atom is 0.413 e. The molecule has 1 rings (SSSR count). The first-order valence-corrected chi connectivity index (χ1v) is 5.68. The second kappa shape index (κ2) is 4.19. The first kappa shape index (κ1) is 13.8. The molecule has 1 aliphatic rings. The number of carbonyl (C=O) groups is 1. The third kappa shape index (κ3) is 2.89. The molecule has 0 radical (unpaired) electrons. The van der Waals surface area contributed by atoms with Crippen LogP contribution in [0, 0.1) is 11.3 Å². The van der Waals surface area contributed by atoms with E-state index in [0.717, 1.165) is 0 Å². The van der Waals surface area contributed by atoms with Gasteiger partial charge in [-0.3, -0.25) is 4.90 Å². The summed E-state index contributed by atoms with van der Waals surface area (Å²) in [5, 5.41) is 9.11. The molecule has 0 N–H and O–H groups in total. The minimum Gasteiger partial charge on any atom is -0.444 e. The standard InChI is InChI=1S/C12H20N2O3/c1-8-9(7-13)14(12(5,6)16-8)10(15)17-11(2,3)4/h8-9H,1-6H3/t8-,9+/m0/s1. The summed E-state index contributed by atoms with van der Waals surface area (Å²) in [7, 11) is 0. The van der Waals surface area contributed by atoms with E-state index in [1.54, 1.807) is 41.5 Å². The van der Waals surface area contributed by atoms with Crippen molar-refractivity contribution in [3.8, 4) is 6.07 Å². The second-order valence-corrected chi connectivity index (χ2v) is 5.69. The average molecular weight is 240 g/mol. The van der Waals surface area contributed by atoms with Crippen LogP contribution in [0.2, 0.25) is 0 Å². The average Bonchev–Trinajstić information content (AvgIpc) is 2.31. The van der Waals surface area contributed by atoms with E-state index < -0.39 is 23.5 Å². The molecule has 1 heterocycles. The summed E-state index contributed by atoms with van der Waals surface area (Å²) >= 11 is 0. The molecule has 0 aromatic heterocycles. The fourth-order valence-electron chi connectivity index (χ4n) is 1.93. The van der Waals surface area contributed by atoms with Crippen molar-refractivity contribution < 1.29 is 14.3 Å². The minimum absolute atomic E-state index is 0.317. The molecular weight excluding hydrogens is 220 g/mol. The van der Waals surface area contributed by atoms with Gasteiger partial charge in [0.15, 0.2) is 6.04 Å². The number of ether oxygens (including phenoxy) is 2. The van der Waals surface area contributed by atoms with Crippen LogP contribution in [0.4, 0.5) is 4.79 Å². The minimum atomic E-state index is -0.817. The molecule has 0 bridgehead atoms. The number of hydrogen-bond acceptors (Lipinski definition) is 4. The van der Waals surface area contributed by atoms with Gasteiger partial charge >= 0.3 is 6.09 Å². The molecular formula is C12H20N2O3. The van der Waals surface area contributed by atoms with Crippen molar-refractivity contribution in [3.05, 3.63) is 0 Å². The molecule has 17 heavy (non-hydrogen) atoms. The summed E-state index contributed by atoms with van der Waals surface area (Å²) < 4.78 is 10.9. The Morgan fingerprint density at radius 3 is 2.41 bits per heavy atom. The molecule has 0 spiro atoms. The first-order valence-electron chi connectivity index (χ1n) is 5.68. The summed E-state index contributed by atoms with van der Waals surface area (Å²) in [6, 6.07) is 1.47. The van der Waals surface area contributed by atoms with E-state index in [-0.39, 0.29) is 6.10 Å². The van der Waals surface area contributed by atoms with E-state index in [0.29, 0.717) is 0 Å². The number of nitrogens with zero attached hydrogens (tertiary/aromatic N) is 2. The van der Waals surface area contributed by atoms with Crippen molar-refractivity contribution in [3.63, 3.8) is 0 Å². The van der Waals surface area contributed by atoms with Gasteiger partial charge in [-0.15, -0.1) is 0 Å². The molecule has 0 unspecified atom stereocenters. The summed E-state index contributed by atoms with van der Waals surface area (Å²) in [6.45, 7) is 10.7. The summed E-state index contributed by atoms with van der Waals surface area (Å²) in [5.41, 5.74) is -1.40. The SMILES string of the molecule is C[C@@H]1OC(C)(C)N(C(=O)OC(C)(C)C)[C@@H]1C#N. The maximum absolute atomic E-state index is 12.1. The van der Waals surface area contributed by atoms with Gasteiger partial charge in [0.25, 0.3) is 0 Å². The molecule has 2 atom stereocenters. The van der Waals surface area contributed by atoms with Crippen molar-refractivity contribution in [2.75, 3.05) is 0 Å². The van der Waals surface area contributed by atoms with Gasteiger partial charge in [-0.25, -0.2) is 4.79 Å². The molecule has 1 amide bonds. The maximum atomic E-state index is 12.1. The number of carbonyl (C=O) groups excluding carboxylic acids is 1. The topological polar surface area (TPSA) is 62.6 Å². The Bertz CT molecular complexity index is 352. The van der Waals surface area contributed by atoms with Gasteiger partial charge in [0, 0.05) is 0 Å². The molecule has 5 heteroatoms. The highest BCUT2D eigenvalue weighted by molar-refractivity contribution is 5.70. The Morgan fingerprint density at radius 1 is 1.47 bits per heavy atom. The summed E-state index contributed by atoms with van der Waals surface area (Å²) in [5.74, 6) is 0.